The lowest BCUT2D eigenvalue weighted by molar-refractivity contribution is -0.123. The maximum atomic E-state index is 11.9. The number of likely N-dealkylation sites (tertiary alicyclic amines) is 1. The Hall–Kier alpha value is -0.530. The van der Waals surface area contributed by atoms with Gasteiger partial charge < -0.3 is 14.4 Å². The third-order valence-corrected chi connectivity index (χ3v) is 5.84. The molecule has 0 aromatic rings. The molecule has 158 valence electrons. The van der Waals surface area contributed by atoms with Crippen LogP contribution in [-0.2, 0) is 14.3 Å². The lowest BCUT2D eigenvalue weighted by Crippen LogP contribution is -2.49. The Morgan fingerprint density at radius 3 is 2.15 bits per heavy atom. The molecule has 0 amide bonds. The van der Waals surface area contributed by atoms with Crippen LogP contribution in [0.1, 0.15) is 33.6 Å². The third kappa shape index (κ3) is 9.01. The first kappa shape index (κ1) is 22.8. The van der Waals surface area contributed by atoms with Gasteiger partial charge in [0.1, 0.15) is 5.78 Å². The zero-order chi connectivity index (χ0) is 19.5. The molecule has 0 aromatic carbocycles. The van der Waals surface area contributed by atoms with E-state index in [4.69, 9.17) is 9.47 Å². The Bertz CT molecular complexity index is 403. The van der Waals surface area contributed by atoms with E-state index in [9.17, 15) is 4.79 Å². The summed E-state index contributed by atoms with van der Waals surface area (Å²) in [5.41, 5.74) is 0. The summed E-state index contributed by atoms with van der Waals surface area (Å²) in [6, 6.07) is 0. The summed E-state index contributed by atoms with van der Waals surface area (Å²) in [7, 11) is 0. The van der Waals surface area contributed by atoms with Gasteiger partial charge in [-0.2, -0.15) is 0 Å². The number of hydrogen-bond acceptors (Lipinski definition) is 6. The maximum absolute atomic E-state index is 11.9. The number of carbonyl (C=O) groups excluding carboxylic acids is 1. The minimum absolute atomic E-state index is 0.161. The molecular formula is C21H41N3O3. The zero-order valence-electron chi connectivity index (χ0n) is 17.8. The van der Waals surface area contributed by atoms with Gasteiger partial charge in [-0.05, 0) is 38.8 Å². The van der Waals surface area contributed by atoms with Crippen LogP contribution >= 0.6 is 0 Å². The fraction of sp³-hybridized carbons (Fsp3) is 0.952. The van der Waals surface area contributed by atoms with E-state index >= 15 is 0 Å². The van der Waals surface area contributed by atoms with Gasteiger partial charge in [-0.3, -0.25) is 14.6 Å². The maximum Gasteiger partial charge on any atom is 0.149 e. The van der Waals surface area contributed by atoms with Gasteiger partial charge in [0.25, 0.3) is 0 Å². The zero-order valence-corrected chi connectivity index (χ0v) is 17.8. The molecule has 0 N–H and O–H groups in total. The van der Waals surface area contributed by atoms with Crippen molar-refractivity contribution in [2.45, 2.75) is 33.6 Å². The average molecular weight is 384 g/mol. The van der Waals surface area contributed by atoms with E-state index in [1.54, 1.807) is 0 Å². The van der Waals surface area contributed by atoms with Crippen LogP contribution in [-0.4, -0.2) is 106 Å². The number of Topliss-reactive ketones (excluding diaryl/α,β-unsaturated/α-hetero) is 1. The molecule has 0 aromatic heterocycles. The van der Waals surface area contributed by atoms with Crippen molar-refractivity contribution in [3.05, 3.63) is 0 Å². The summed E-state index contributed by atoms with van der Waals surface area (Å²) >= 11 is 0. The minimum atomic E-state index is 0.161. The van der Waals surface area contributed by atoms with Gasteiger partial charge in [0.2, 0.25) is 0 Å². The molecule has 2 rings (SSSR count). The van der Waals surface area contributed by atoms with Gasteiger partial charge in [0.05, 0.1) is 26.4 Å². The van der Waals surface area contributed by atoms with E-state index in [1.165, 1.54) is 32.5 Å². The number of nitrogens with zero attached hydrogens (tertiary/aromatic N) is 3. The van der Waals surface area contributed by atoms with Crippen LogP contribution in [0.2, 0.25) is 0 Å². The number of piperidine rings is 1. The molecule has 0 unspecified atom stereocenters. The molecule has 6 nitrogen and oxygen atoms in total. The SMILES string of the molecule is CCOCCOCCN1CCN(CC2CCN(CC(=O)C(C)C)CC2)CC1. The second kappa shape index (κ2) is 12.8. The number of piperazine rings is 1. The molecule has 2 saturated heterocycles. The number of hydrogen-bond donors (Lipinski definition) is 0. The molecule has 0 spiro atoms. The van der Waals surface area contributed by atoms with Crippen molar-refractivity contribution in [2.24, 2.45) is 11.8 Å². The Kier molecular flexibility index (Phi) is 10.8. The molecule has 2 fully saturated rings. The van der Waals surface area contributed by atoms with Crippen LogP contribution in [0.5, 0.6) is 0 Å². The Morgan fingerprint density at radius 1 is 0.889 bits per heavy atom. The van der Waals surface area contributed by atoms with E-state index in [0.29, 0.717) is 25.5 Å². The van der Waals surface area contributed by atoms with Crippen LogP contribution in [0, 0.1) is 11.8 Å². The highest BCUT2D eigenvalue weighted by Gasteiger charge is 2.25. The summed E-state index contributed by atoms with van der Waals surface area (Å²) in [6.45, 7) is 18.7. The fourth-order valence-electron chi connectivity index (χ4n) is 3.85. The lowest BCUT2D eigenvalue weighted by Gasteiger charge is -2.38. The first-order valence-electron chi connectivity index (χ1n) is 10.9. The van der Waals surface area contributed by atoms with E-state index in [-0.39, 0.29) is 5.92 Å². The van der Waals surface area contributed by atoms with Gasteiger partial charge in [-0.25, -0.2) is 0 Å². The second-order valence-electron chi connectivity index (χ2n) is 8.29. The quantitative estimate of drug-likeness (QED) is 0.477. The van der Waals surface area contributed by atoms with Gasteiger partial charge in [-0.15, -0.1) is 0 Å². The number of rotatable bonds is 12. The Labute approximate surface area is 166 Å². The first-order chi connectivity index (χ1) is 13.1. The monoisotopic (exact) mass is 383 g/mol. The molecule has 0 aliphatic carbocycles. The molecule has 0 atom stereocenters. The summed E-state index contributed by atoms with van der Waals surface area (Å²) in [4.78, 5) is 19.4. The highest BCUT2D eigenvalue weighted by Crippen LogP contribution is 2.19. The lowest BCUT2D eigenvalue weighted by atomic mass is 9.95. The average Bonchev–Trinajstić information content (AvgIpc) is 2.67. The number of ether oxygens (including phenoxy) is 2. The summed E-state index contributed by atoms with van der Waals surface area (Å²) in [5, 5.41) is 0. The molecule has 0 saturated carbocycles. The van der Waals surface area contributed by atoms with Crippen LogP contribution < -0.4 is 0 Å². The predicted molar refractivity (Wildman–Crippen MR) is 109 cm³/mol. The van der Waals surface area contributed by atoms with Crippen LogP contribution in [0.3, 0.4) is 0 Å². The topological polar surface area (TPSA) is 45.3 Å². The van der Waals surface area contributed by atoms with E-state index in [0.717, 1.165) is 51.9 Å². The predicted octanol–water partition coefficient (Wildman–Crippen LogP) is 1.59. The van der Waals surface area contributed by atoms with E-state index in [1.807, 2.05) is 20.8 Å². The van der Waals surface area contributed by atoms with Crippen molar-refractivity contribution in [2.75, 3.05) is 85.3 Å². The molecule has 27 heavy (non-hydrogen) atoms. The van der Waals surface area contributed by atoms with Gasteiger partial charge >= 0.3 is 0 Å². The highest BCUT2D eigenvalue weighted by molar-refractivity contribution is 5.82. The molecule has 2 aliphatic heterocycles. The van der Waals surface area contributed by atoms with Crippen molar-refractivity contribution < 1.29 is 14.3 Å². The Balaban J connectivity index is 1.52. The summed E-state index contributed by atoms with van der Waals surface area (Å²) in [5.74, 6) is 1.34. The Morgan fingerprint density at radius 2 is 1.52 bits per heavy atom. The molecule has 2 aliphatic rings. The van der Waals surface area contributed by atoms with E-state index in [2.05, 4.69) is 14.7 Å². The molecule has 0 radical (unpaired) electrons. The summed E-state index contributed by atoms with van der Waals surface area (Å²) in [6.07, 6.45) is 2.47. The largest absolute Gasteiger partial charge is 0.379 e. The second-order valence-corrected chi connectivity index (χ2v) is 8.29. The molecule has 6 heteroatoms. The molecular weight excluding hydrogens is 342 g/mol. The molecule has 0 bridgehead atoms. The first-order valence-corrected chi connectivity index (χ1v) is 10.9. The molecule has 2 heterocycles. The number of ketones is 1. The van der Waals surface area contributed by atoms with Crippen molar-refractivity contribution in [1.29, 1.82) is 0 Å². The summed E-state index contributed by atoms with van der Waals surface area (Å²) < 4.78 is 10.9. The van der Waals surface area contributed by atoms with Crippen molar-refractivity contribution in [3.63, 3.8) is 0 Å². The van der Waals surface area contributed by atoms with Crippen LogP contribution in [0.4, 0.5) is 0 Å². The third-order valence-electron chi connectivity index (χ3n) is 5.84. The van der Waals surface area contributed by atoms with Crippen LogP contribution in [0.15, 0.2) is 0 Å². The van der Waals surface area contributed by atoms with Gasteiger partial charge in [0.15, 0.2) is 0 Å². The van der Waals surface area contributed by atoms with Gasteiger partial charge in [-0.1, -0.05) is 13.8 Å². The highest BCUT2D eigenvalue weighted by atomic mass is 16.5. The smallest absolute Gasteiger partial charge is 0.149 e. The van der Waals surface area contributed by atoms with Crippen molar-refractivity contribution >= 4 is 5.78 Å². The standard InChI is InChI=1S/C21H41N3O3/c1-4-26-15-16-27-14-13-22-9-11-24(12-10-22)17-20-5-7-23(8-6-20)18-21(25)19(2)3/h19-20H,4-18H2,1-3H3. The fourth-order valence-corrected chi connectivity index (χ4v) is 3.85. The van der Waals surface area contributed by atoms with Crippen molar-refractivity contribution in [3.8, 4) is 0 Å². The van der Waals surface area contributed by atoms with Gasteiger partial charge in [0, 0.05) is 51.8 Å². The normalized spacial score (nSPS) is 21.2. The van der Waals surface area contributed by atoms with Crippen molar-refractivity contribution in [1.82, 2.24) is 14.7 Å². The minimum Gasteiger partial charge on any atom is -0.379 e. The van der Waals surface area contributed by atoms with Crippen LogP contribution in [0.25, 0.3) is 0 Å². The number of carbonyl (C=O) groups is 1. The van der Waals surface area contributed by atoms with E-state index < -0.39 is 0 Å².